The molecule has 0 aliphatic carbocycles. The molecule has 4 N–H and O–H groups in total. The topological polar surface area (TPSA) is 96.3 Å². The van der Waals surface area contributed by atoms with Gasteiger partial charge in [-0.3, -0.25) is 4.79 Å². The summed E-state index contributed by atoms with van der Waals surface area (Å²) in [5.41, 5.74) is 8.71. The van der Waals surface area contributed by atoms with Crippen LogP contribution in [0.5, 0.6) is 11.5 Å². The number of halogens is 1. The third-order valence-corrected chi connectivity index (χ3v) is 6.09. The standard InChI is InChI=1S/C22H24FN5O2/c1-13-8-27-20-19(13)18(4-5-26-20)30-17-3-2-14(6-15(17)23)7-16(24)21(29)28-11-22(12-28)9-25-10-22/h2-6,8,16,25H,7,9-12,24H2,1H3,(H,26,27). The van der Waals surface area contributed by atoms with E-state index in [1.165, 1.54) is 6.07 Å². The SMILES string of the molecule is Cc1c[nH]c2nccc(Oc3ccc(CC(N)C(=O)N4CC5(CNC5)C4)cc3F)c12. The van der Waals surface area contributed by atoms with E-state index in [0.29, 0.717) is 17.0 Å². The number of aromatic nitrogens is 2. The number of carbonyl (C=O) groups is 1. The third-order valence-electron chi connectivity index (χ3n) is 6.09. The van der Waals surface area contributed by atoms with Crippen LogP contribution in [0.1, 0.15) is 11.1 Å². The van der Waals surface area contributed by atoms with Crippen molar-refractivity contribution in [3.05, 3.63) is 53.6 Å². The maximum absolute atomic E-state index is 14.7. The van der Waals surface area contributed by atoms with Gasteiger partial charge in [0.1, 0.15) is 11.4 Å². The van der Waals surface area contributed by atoms with Crippen LogP contribution in [-0.4, -0.2) is 53.0 Å². The van der Waals surface area contributed by atoms with Crippen molar-refractivity contribution < 1.29 is 13.9 Å². The van der Waals surface area contributed by atoms with Gasteiger partial charge in [0.25, 0.3) is 0 Å². The lowest BCUT2D eigenvalue weighted by Crippen LogP contribution is -2.73. The molecule has 1 amide bonds. The fourth-order valence-electron chi connectivity index (χ4n) is 4.34. The van der Waals surface area contributed by atoms with Crippen molar-refractivity contribution in [2.75, 3.05) is 26.2 Å². The predicted molar refractivity (Wildman–Crippen MR) is 111 cm³/mol. The van der Waals surface area contributed by atoms with Gasteiger partial charge in [0.2, 0.25) is 5.91 Å². The van der Waals surface area contributed by atoms with Gasteiger partial charge in [-0.15, -0.1) is 0 Å². The number of amides is 1. The van der Waals surface area contributed by atoms with Gasteiger partial charge in [0, 0.05) is 44.0 Å². The molecule has 1 spiro atoms. The van der Waals surface area contributed by atoms with Gasteiger partial charge in [0.15, 0.2) is 11.6 Å². The maximum atomic E-state index is 14.7. The number of fused-ring (bicyclic) bond motifs is 1. The molecule has 1 atom stereocenters. The highest BCUT2D eigenvalue weighted by molar-refractivity contribution is 5.86. The number of likely N-dealkylation sites (tertiary alicyclic amines) is 1. The second-order valence-corrected chi connectivity index (χ2v) is 8.48. The van der Waals surface area contributed by atoms with Crippen molar-refractivity contribution in [2.45, 2.75) is 19.4 Å². The van der Waals surface area contributed by atoms with E-state index < -0.39 is 11.9 Å². The number of nitrogens with one attached hydrogen (secondary N) is 2. The molecule has 2 aliphatic rings. The zero-order valence-corrected chi connectivity index (χ0v) is 16.7. The smallest absolute Gasteiger partial charge is 0.239 e. The largest absolute Gasteiger partial charge is 0.453 e. The number of ether oxygens (including phenoxy) is 1. The summed E-state index contributed by atoms with van der Waals surface area (Å²) in [4.78, 5) is 21.6. The first-order valence-corrected chi connectivity index (χ1v) is 10.1. The zero-order chi connectivity index (χ0) is 20.9. The van der Waals surface area contributed by atoms with E-state index in [2.05, 4.69) is 15.3 Å². The molecule has 0 saturated carbocycles. The van der Waals surface area contributed by atoms with E-state index in [1.807, 2.05) is 13.1 Å². The fourth-order valence-corrected chi connectivity index (χ4v) is 4.34. The zero-order valence-electron chi connectivity index (χ0n) is 16.7. The summed E-state index contributed by atoms with van der Waals surface area (Å²) >= 11 is 0. The highest BCUT2D eigenvalue weighted by atomic mass is 19.1. The van der Waals surface area contributed by atoms with Crippen molar-refractivity contribution in [3.8, 4) is 11.5 Å². The summed E-state index contributed by atoms with van der Waals surface area (Å²) in [6.45, 7) is 5.38. The fraction of sp³-hybridized carbons (Fsp3) is 0.364. The number of hydrogen-bond donors (Lipinski definition) is 3. The molecule has 5 rings (SSSR count). The monoisotopic (exact) mass is 409 g/mol. The Hall–Kier alpha value is -2.97. The Morgan fingerprint density at radius 2 is 2.13 bits per heavy atom. The van der Waals surface area contributed by atoms with Crippen LogP contribution in [0.25, 0.3) is 11.0 Å². The van der Waals surface area contributed by atoms with Gasteiger partial charge < -0.3 is 25.7 Å². The van der Waals surface area contributed by atoms with Crippen LogP contribution in [0, 0.1) is 18.2 Å². The lowest BCUT2D eigenvalue weighted by Gasteiger charge is -2.56. The van der Waals surface area contributed by atoms with Crippen LogP contribution >= 0.6 is 0 Å². The molecular weight excluding hydrogens is 385 g/mol. The van der Waals surface area contributed by atoms with Gasteiger partial charge in [-0.25, -0.2) is 9.37 Å². The number of hydrogen-bond acceptors (Lipinski definition) is 5. The Balaban J connectivity index is 1.26. The first kappa shape index (κ1) is 19.0. The normalized spacial score (nSPS) is 18.2. The molecule has 2 saturated heterocycles. The van der Waals surface area contributed by atoms with E-state index >= 15 is 0 Å². The molecule has 4 heterocycles. The van der Waals surface area contributed by atoms with Gasteiger partial charge in [-0.2, -0.15) is 0 Å². The Morgan fingerprint density at radius 3 is 2.83 bits per heavy atom. The minimum Gasteiger partial charge on any atom is -0.453 e. The number of carbonyl (C=O) groups excluding carboxylic acids is 1. The van der Waals surface area contributed by atoms with Crippen LogP contribution in [-0.2, 0) is 11.2 Å². The molecule has 30 heavy (non-hydrogen) atoms. The maximum Gasteiger partial charge on any atom is 0.239 e. The molecule has 1 unspecified atom stereocenters. The van der Waals surface area contributed by atoms with Crippen molar-refractivity contribution in [2.24, 2.45) is 11.1 Å². The summed E-state index contributed by atoms with van der Waals surface area (Å²) < 4.78 is 20.5. The summed E-state index contributed by atoms with van der Waals surface area (Å²) in [5, 5.41) is 4.07. The molecule has 8 heteroatoms. The van der Waals surface area contributed by atoms with Crippen molar-refractivity contribution in [3.63, 3.8) is 0 Å². The molecule has 1 aromatic carbocycles. The predicted octanol–water partition coefficient (Wildman–Crippen LogP) is 2.10. The number of aryl methyl sites for hydroxylation is 1. The van der Waals surface area contributed by atoms with E-state index in [1.54, 1.807) is 29.3 Å². The average Bonchev–Trinajstić information content (AvgIpc) is 3.03. The molecule has 0 radical (unpaired) electrons. The number of pyridine rings is 1. The summed E-state index contributed by atoms with van der Waals surface area (Å²) in [7, 11) is 0. The number of nitrogens with zero attached hydrogens (tertiary/aromatic N) is 2. The summed E-state index contributed by atoms with van der Waals surface area (Å²) in [6.07, 6.45) is 3.74. The Labute approximate surface area is 173 Å². The van der Waals surface area contributed by atoms with Gasteiger partial charge in [0.05, 0.1) is 11.4 Å². The lowest BCUT2D eigenvalue weighted by atomic mass is 9.74. The van der Waals surface area contributed by atoms with Crippen LogP contribution in [0.15, 0.2) is 36.7 Å². The minimum absolute atomic E-state index is 0.0737. The van der Waals surface area contributed by atoms with Gasteiger partial charge in [-0.05, 0) is 42.7 Å². The summed E-state index contributed by atoms with van der Waals surface area (Å²) in [5.74, 6) is 0.0903. The molecule has 2 fully saturated rings. The van der Waals surface area contributed by atoms with Gasteiger partial charge >= 0.3 is 0 Å². The average molecular weight is 409 g/mol. The second kappa shape index (κ2) is 7.07. The van der Waals surface area contributed by atoms with E-state index in [0.717, 1.165) is 37.1 Å². The summed E-state index contributed by atoms with van der Waals surface area (Å²) in [6, 6.07) is 5.75. The van der Waals surface area contributed by atoms with Crippen LogP contribution < -0.4 is 15.8 Å². The van der Waals surface area contributed by atoms with Crippen molar-refractivity contribution in [1.29, 1.82) is 0 Å². The minimum atomic E-state index is -0.677. The Morgan fingerprint density at radius 1 is 1.33 bits per heavy atom. The van der Waals surface area contributed by atoms with E-state index in [-0.39, 0.29) is 23.5 Å². The highest BCUT2D eigenvalue weighted by Crippen LogP contribution is 2.35. The van der Waals surface area contributed by atoms with E-state index in [9.17, 15) is 9.18 Å². The number of aromatic amines is 1. The van der Waals surface area contributed by atoms with E-state index in [4.69, 9.17) is 10.5 Å². The number of H-pyrrole nitrogens is 1. The molecule has 2 aliphatic heterocycles. The van der Waals surface area contributed by atoms with Crippen LogP contribution in [0.2, 0.25) is 0 Å². The van der Waals surface area contributed by atoms with Gasteiger partial charge in [-0.1, -0.05) is 6.07 Å². The first-order valence-electron chi connectivity index (χ1n) is 10.1. The molecule has 7 nitrogen and oxygen atoms in total. The molecule has 3 aromatic rings. The quantitative estimate of drug-likeness (QED) is 0.600. The number of rotatable bonds is 5. The first-order chi connectivity index (χ1) is 14.4. The Bertz CT molecular complexity index is 1120. The van der Waals surface area contributed by atoms with Crippen molar-refractivity contribution >= 4 is 16.9 Å². The van der Waals surface area contributed by atoms with Crippen LogP contribution in [0.3, 0.4) is 0 Å². The number of benzene rings is 1. The molecule has 2 aromatic heterocycles. The third kappa shape index (κ3) is 3.22. The Kier molecular flexibility index (Phi) is 4.48. The number of nitrogens with two attached hydrogens (primary N) is 1. The lowest BCUT2D eigenvalue weighted by molar-refractivity contribution is -0.148. The second-order valence-electron chi connectivity index (χ2n) is 8.48. The molecule has 0 bridgehead atoms. The van der Waals surface area contributed by atoms with Crippen LogP contribution in [0.4, 0.5) is 4.39 Å². The highest BCUT2D eigenvalue weighted by Gasteiger charge is 2.49. The molecule has 156 valence electrons. The van der Waals surface area contributed by atoms with Crippen molar-refractivity contribution in [1.82, 2.24) is 20.2 Å². The molecular formula is C22H24FN5O2.